The average molecular weight is 546 g/mol. The number of methoxy groups -OCH3 is 1. The number of fused-ring (bicyclic) bond motifs is 1. The van der Waals surface area contributed by atoms with Gasteiger partial charge in [0.1, 0.15) is 19.4 Å². The summed E-state index contributed by atoms with van der Waals surface area (Å²) in [5, 5.41) is 8.55. The lowest BCUT2D eigenvalue weighted by atomic mass is 10.0. The van der Waals surface area contributed by atoms with Crippen molar-refractivity contribution in [2.24, 2.45) is 0 Å². The number of anilines is 1. The summed E-state index contributed by atoms with van der Waals surface area (Å²) in [6.45, 7) is 0.651. The molecule has 8 nitrogen and oxygen atoms in total. The standard InChI is InChI=1S/C27H25BClN5O3S/c1-37-20-8-5-9-21(13-20)38(35,36)32-16-19-7-4-6-18(12-19)15-30-26-14-25(22-10-2-3-11-24(22)29)33-27-23(28)17-31-34(26)27/h2-14,17,30,32H,15-16,28H2,1H3. The van der Waals surface area contributed by atoms with Gasteiger partial charge < -0.3 is 10.1 Å². The zero-order valence-electron chi connectivity index (χ0n) is 20.8. The quantitative estimate of drug-likeness (QED) is 0.276. The molecular formula is C27H25BClN5O3S. The fourth-order valence-corrected chi connectivity index (χ4v) is 5.36. The number of sulfonamides is 1. The molecule has 0 aliphatic rings. The van der Waals surface area contributed by atoms with Crippen LogP contribution in [0.4, 0.5) is 5.82 Å². The van der Waals surface area contributed by atoms with E-state index in [9.17, 15) is 8.42 Å². The molecule has 11 heteroatoms. The SMILES string of the molecule is Bc1cnn2c(NCc3cccc(CNS(=O)(=O)c4cccc(OC)c4)c3)cc(-c3ccccc3Cl)nc12. The molecule has 0 bridgehead atoms. The summed E-state index contributed by atoms with van der Waals surface area (Å²) in [6.07, 6.45) is 1.78. The monoisotopic (exact) mass is 545 g/mol. The van der Waals surface area contributed by atoms with Crippen LogP contribution in [0.3, 0.4) is 0 Å². The van der Waals surface area contributed by atoms with Crippen molar-refractivity contribution in [1.29, 1.82) is 0 Å². The fraction of sp³-hybridized carbons (Fsp3) is 0.111. The zero-order chi connectivity index (χ0) is 26.7. The third-order valence-corrected chi connectivity index (χ3v) is 7.81. The molecule has 2 N–H and O–H groups in total. The highest BCUT2D eigenvalue weighted by Crippen LogP contribution is 2.28. The van der Waals surface area contributed by atoms with Crippen LogP contribution in [0.1, 0.15) is 11.1 Å². The van der Waals surface area contributed by atoms with E-state index in [1.807, 2.05) is 62.4 Å². The van der Waals surface area contributed by atoms with Crippen molar-refractivity contribution in [3.8, 4) is 17.0 Å². The molecule has 192 valence electrons. The van der Waals surface area contributed by atoms with Crippen molar-refractivity contribution in [3.05, 3.63) is 101 Å². The number of benzene rings is 3. The third kappa shape index (κ3) is 5.52. The van der Waals surface area contributed by atoms with E-state index < -0.39 is 10.0 Å². The van der Waals surface area contributed by atoms with Crippen LogP contribution >= 0.6 is 11.6 Å². The first-order valence-corrected chi connectivity index (χ1v) is 13.8. The average Bonchev–Trinajstić information content (AvgIpc) is 3.31. The van der Waals surface area contributed by atoms with Gasteiger partial charge in [-0.25, -0.2) is 18.1 Å². The maximum Gasteiger partial charge on any atom is 0.241 e. The van der Waals surface area contributed by atoms with Gasteiger partial charge in [0.2, 0.25) is 10.0 Å². The second-order valence-corrected chi connectivity index (χ2v) is 10.9. The first-order valence-electron chi connectivity index (χ1n) is 11.9. The summed E-state index contributed by atoms with van der Waals surface area (Å²) in [6, 6.07) is 23.6. The predicted molar refractivity (Wildman–Crippen MR) is 152 cm³/mol. The molecule has 0 spiro atoms. The normalized spacial score (nSPS) is 11.5. The van der Waals surface area contributed by atoms with Crippen LogP contribution in [0, 0.1) is 0 Å². The van der Waals surface area contributed by atoms with Crippen LogP contribution in [0.25, 0.3) is 16.9 Å². The van der Waals surface area contributed by atoms with Crippen LogP contribution in [0.15, 0.2) is 90.0 Å². The molecule has 5 aromatic rings. The molecule has 5 rings (SSSR count). The zero-order valence-corrected chi connectivity index (χ0v) is 22.4. The first-order chi connectivity index (χ1) is 18.3. The van der Waals surface area contributed by atoms with E-state index in [0.717, 1.165) is 39.3 Å². The van der Waals surface area contributed by atoms with Gasteiger partial charge in [0.05, 0.1) is 17.7 Å². The van der Waals surface area contributed by atoms with Crippen LogP contribution in [-0.4, -0.2) is 38.0 Å². The molecule has 0 fully saturated rings. The Hall–Kier alpha value is -3.86. The van der Waals surface area contributed by atoms with Crippen molar-refractivity contribution >= 4 is 46.4 Å². The Balaban J connectivity index is 1.34. The molecule has 0 amide bonds. The lowest BCUT2D eigenvalue weighted by molar-refractivity contribution is 0.413. The number of halogens is 1. The van der Waals surface area contributed by atoms with Crippen molar-refractivity contribution in [3.63, 3.8) is 0 Å². The Kier molecular flexibility index (Phi) is 7.37. The molecule has 0 saturated carbocycles. The minimum Gasteiger partial charge on any atom is -0.497 e. The lowest BCUT2D eigenvalue weighted by Gasteiger charge is -2.13. The number of hydrogen-bond acceptors (Lipinski definition) is 6. The van der Waals surface area contributed by atoms with Gasteiger partial charge in [-0.3, -0.25) is 0 Å². The molecule has 3 aromatic carbocycles. The Labute approximate surface area is 227 Å². The van der Waals surface area contributed by atoms with E-state index in [1.54, 1.807) is 22.8 Å². The maximum absolute atomic E-state index is 12.8. The summed E-state index contributed by atoms with van der Waals surface area (Å²) in [5.41, 5.74) is 5.09. The van der Waals surface area contributed by atoms with Gasteiger partial charge in [0.25, 0.3) is 0 Å². The minimum atomic E-state index is -3.69. The van der Waals surface area contributed by atoms with Crippen LogP contribution < -0.4 is 20.2 Å². The van der Waals surface area contributed by atoms with Gasteiger partial charge in [-0.2, -0.15) is 9.61 Å². The van der Waals surface area contributed by atoms with Gasteiger partial charge in [-0.1, -0.05) is 60.1 Å². The molecule has 0 saturated heterocycles. The molecular weight excluding hydrogens is 521 g/mol. The molecule has 2 heterocycles. The van der Waals surface area contributed by atoms with Gasteiger partial charge in [-0.05, 0) is 34.8 Å². The van der Waals surface area contributed by atoms with E-state index in [1.165, 1.54) is 19.2 Å². The first kappa shape index (κ1) is 25.8. The third-order valence-electron chi connectivity index (χ3n) is 6.08. The Bertz CT molecular complexity index is 1730. The maximum atomic E-state index is 12.8. The number of ether oxygens (including phenoxy) is 1. The van der Waals surface area contributed by atoms with Gasteiger partial charge in [-0.15, -0.1) is 0 Å². The Morgan fingerprint density at radius 2 is 1.74 bits per heavy atom. The Morgan fingerprint density at radius 1 is 0.974 bits per heavy atom. The van der Waals surface area contributed by atoms with E-state index in [-0.39, 0.29) is 11.4 Å². The van der Waals surface area contributed by atoms with Crippen LogP contribution in [-0.2, 0) is 23.1 Å². The summed E-state index contributed by atoms with van der Waals surface area (Å²) in [5.74, 6) is 1.25. The van der Waals surface area contributed by atoms with E-state index >= 15 is 0 Å². The number of rotatable bonds is 9. The van der Waals surface area contributed by atoms with E-state index in [4.69, 9.17) is 21.3 Å². The number of nitrogens with zero attached hydrogens (tertiary/aromatic N) is 3. The Morgan fingerprint density at radius 3 is 2.53 bits per heavy atom. The van der Waals surface area contributed by atoms with Crippen molar-refractivity contribution in [2.45, 2.75) is 18.0 Å². The molecule has 0 atom stereocenters. The van der Waals surface area contributed by atoms with Crippen molar-refractivity contribution < 1.29 is 13.2 Å². The number of hydrogen-bond donors (Lipinski definition) is 2. The number of aromatic nitrogens is 3. The largest absolute Gasteiger partial charge is 0.497 e. The van der Waals surface area contributed by atoms with Gasteiger partial charge in [0, 0.05) is 42.0 Å². The summed E-state index contributed by atoms with van der Waals surface area (Å²) < 4.78 is 35.1. The van der Waals surface area contributed by atoms with Crippen LogP contribution in [0.2, 0.25) is 5.02 Å². The lowest BCUT2D eigenvalue weighted by Crippen LogP contribution is -2.23. The fourth-order valence-electron chi connectivity index (χ4n) is 4.08. The highest BCUT2D eigenvalue weighted by atomic mass is 35.5. The summed E-state index contributed by atoms with van der Waals surface area (Å²) in [7, 11) is -0.226. The summed E-state index contributed by atoms with van der Waals surface area (Å²) >= 11 is 6.44. The summed E-state index contributed by atoms with van der Waals surface area (Å²) in [4.78, 5) is 4.93. The molecule has 0 aliphatic carbocycles. The van der Waals surface area contributed by atoms with Crippen molar-refractivity contribution in [2.75, 3.05) is 12.4 Å². The highest BCUT2D eigenvalue weighted by Gasteiger charge is 2.15. The molecule has 38 heavy (non-hydrogen) atoms. The number of nitrogens with one attached hydrogen (secondary N) is 2. The van der Waals surface area contributed by atoms with Gasteiger partial charge >= 0.3 is 0 Å². The highest BCUT2D eigenvalue weighted by molar-refractivity contribution is 7.89. The van der Waals surface area contributed by atoms with Gasteiger partial charge in [0.15, 0.2) is 5.65 Å². The van der Waals surface area contributed by atoms with Crippen LogP contribution in [0.5, 0.6) is 5.75 Å². The second-order valence-electron chi connectivity index (χ2n) is 8.75. The minimum absolute atomic E-state index is 0.153. The molecule has 0 aliphatic heterocycles. The van der Waals surface area contributed by atoms with E-state index in [2.05, 4.69) is 15.1 Å². The van der Waals surface area contributed by atoms with Crippen molar-refractivity contribution in [1.82, 2.24) is 19.3 Å². The molecule has 0 unspecified atom stereocenters. The molecule has 0 radical (unpaired) electrons. The predicted octanol–water partition coefficient (Wildman–Crippen LogP) is 3.41. The molecule has 2 aromatic heterocycles. The topological polar surface area (TPSA) is 97.6 Å². The smallest absolute Gasteiger partial charge is 0.241 e. The van der Waals surface area contributed by atoms with E-state index in [0.29, 0.717) is 17.3 Å². The second kappa shape index (κ2) is 10.9.